The van der Waals surface area contributed by atoms with Gasteiger partial charge >= 0.3 is 6.61 Å². The Morgan fingerprint density at radius 2 is 1.29 bits per heavy atom. The second-order valence-electron chi connectivity index (χ2n) is 6.63. The summed E-state index contributed by atoms with van der Waals surface area (Å²) in [6.45, 7) is -1.92. The Labute approximate surface area is 179 Å². The number of hydrogen-bond acceptors (Lipinski definition) is 6. The van der Waals surface area contributed by atoms with Crippen LogP contribution < -0.4 is 23.8 Å². The Hall–Kier alpha value is -3.55. The van der Waals surface area contributed by atoms with Gasteiger partial charge in [0.25, 0.3) is 0 Å². The first-order valence-corrected chi connectivity index (χ1v) is 9.52. The maximum absolute atomic E-state index is 12.6. The van der Waals surface area contributed by atoms with Gasteiger partial charge in [0.05, 0.1) is 27.5 Å². The molecular weight excluding hydrogens is 406 g/mol. The van der Waals surface area contributed by atoms with Crippen molar-refractivity contribution in [2.45, 2.75) is 19.7 Å². The highest BCUT2D eigenvalue weighted by atomic mass is 19.3. The predicted molar refractivity (Wildman–Crippen MR) is 113 cm³/mol. The Morgan fingerprint density at radius 1 is 0.774 bits per heavy atom. The van der Waals surface area contributed by atoms with Gasteiger partial charge in [-0.1, -0.05) is 24.3 Å². The van der Waals surface area contributed by atoms with Gasteiger partial charge in [0.2, 0.25) is 0 Å². The van der Waals surface area contributed by atoms with Crippen LogP contribution in [-0.2, 0) is 13.1 Å². The monoisotopic (exact) mass is 430 g/mol. The highest BCUT2D eigenvalue weighted by Gasteiger charge is 2.18. The van der Waals surface area contributed by atoms with Crippen molar-refractivity contribution in [3.8, 4) is 23.0 Å². The van der Waals surface area contributed by atoms with Gasteiger partial charge in [0.1, 0.15) is 17.2 Å². The van der Waals surface area contributed by atoms with Crippen LogP contribution in [0.3, 0.4) is 0 Å². The summed E-state index contributed by atoms with van der Waals surface area (Å²) in [5.74, 6) is 2.30. The molecule has 1 aromatic heterocycles. The average Bonchev–Trinajstić information content (AvgIpc) is 2.79. The van der Waals surface area contributed by atoms with E-state index in [0.29, 0.717) is 24.7 Å². The topological polar surface area (TPSA) is 53.1 Å². The minimum Gasteiger partial charge on any atom is -0.497 e. The zero-order valence-electron chi connectivity index (χ0n) is 17.5. The van der Waals surface area contributed by atoms with Crippen LogP contribution in [0.1, 0.15) is 11.1 Å². The molecule has 0 unspecified atom stereocenters. The number of benzene rings is 2. The number of alkyl halides is 2. The number of anilines is 1. The molecule has 0 aliphatic heterocycles. The van der Waals surface area contributed by atoms with E-state index in [-0.39, 0.29) is 5.75 Å². The number of nitrogens with zero attached hydrogens (tertiary/aromatic N) is 2. The summed E-state index contributed by atoms with van der Waals surface area (Å²) in [6.07, 6.45) is 1.26. The van der Waals surface area contributed by atoms with E-state index in [1.165, 1.54) is 19.4 Å². The normalized spacial score (nSPS) is 10.6. The van der Waals surface area contributed by atoms with Crippen LogP contribution in [0, 0.1) is 0 Å². The smallest absolute Gasteiger partial charge is 0.387 e. The van der Waals surface area contributed by atoms with E-state index in [0.717, 1.165) is 22.6 Å². The van der Waals surface area contributed by atoms with Crippen LogP contribution in [0.2, 0.25) is 0 Å². The summed E-state index contributed by atoms with van der Waals surface area (Å²) in [5, 5.41) is 0. The third kappa shape index (κ3) is 5.97. The van der Waals surface area contributed by atoms with Crippen molar-refractivity contribution in [2.24, 2.45) is 0 Å². The molecule has 6 nitrogen and oxygen atoms in total. The first kappa shape index (κ1) is 22.1. The summed E-state index contributed by atoms with van der Waals surface area (Å²) < 4.78 is 45.5. The lowest BCUT2D eigenvalue weighted by Crippen LogP contribution is -2.24. The lowest BCUT2D eigenvalue weighted by Gasteiger charge is -2.26. The Bertz CT molecular complexity index is 917. The summed E-state index contributed by atoms with van der Waals surface area (Å²) >= 11 is 0. The molecule has 0 aliphatic rings. The highest BCUT2D eigenvalue weighted by molar-refractivity contribution is 5.55. The minimum atomic E-state index is -2.94. The van der Waals surface area contributed by atoms with Crippen LogP contribution in [0.5, 0.6) is 23.0 Å². The number of rotatable bonds is 10. The zero-order chi connectivity index (χ0) is 22.2. The van der Waals surface area contributed by atoms with Crippen molar-refractivity contribution in [1.82, 2.24) is 4.98 Å². The second kappa shape index (κ2) is 10.5. The molecule has 0 atom stereocenters. The summed E-state index contributed by atoms with van der Waals surface area (Å²) in [7, 11) is 4.69. The molecule has 3 aromatic rings. The van der Waals surface area contributed by atoms with Crippen molar-refractivity contribution < 1.29 is 27.7 Å². The molecule has 0 N–H and O–H groups in total. The molecule has 0 bridgehead atoms. The van der Waals surface area contributed by atoms with Crippen LogP contribution in [0.15, 0.2) is 60.8 Å². The van der Waals surface area contributed by atoms with Crippen molar-refractivity contribution in [2.75, 3.05) is 26.2 Å². The third-order valence-electron chi connectivity index (χ3n) is 4.62. The zero-order valence-corrected chi connectivity index (χ0v) is 17.5. The molecule has 0 fully saturated rings. The lowest BCUT2D eigenvalue weighted by molar-refractivity contribution is -0.0501. The molecule has 0 saturated heterocycles. The summed E-state index contributed by atoms with van der Waals surface area (Å²) in [4.78, 5) is 6.35. The number of methoxy groups -OCH3 is 3. The van der Waals surface area contributed by atoms with Gasteiger partial charge in [-0.15, -0.1) is 0 Å². The molecule has 0 saturated carbocycles. The standard InChI is InChI=1S/C23H24F2N2O4/c1-28-18-8-4-16(5-9-18)14-27(15-17-6-10-19(29-2)11-7-17)22-21(30-3)12-20(13-26-22)31-23(24)25/h4-13,23H,14-15H2,1-3H3. The fraction of sp³-hybridized carbons (Fsp3) is 0.261. The summed E-state index contributed by atoms with van der Waals surface area (Å²) in [5.41, 5.74) is 2.04. The van der Waals surface area contributed by atoms with Gasteiger partial charge in [-0.05, 0) is 35.4 Å². The van der Waals surface area contributed by atoms with Gasteiger partial charge in [-0.2, -0.15) is 8.78 Å². The van der Waals surface area contributed by atoms with Crippen molar-refractivity contribution >= 4 is 5.82 Å². The van der Waals surface area contributed by atoms with E-state index in [1.807, 2.05) is 53.4 Å². The molecule has 0 spiro atoms. The van der Waals surface area contributed by atoms with Crippen molar-refractivity contribution in [3.05, 3.63) is 71.9 Å². The molecule has 164 valence electrons. The molecule has 31 heavy (non-hydrogen) atoms. The van der Waals surface area contributed by atoms with Crippen molar-refractivity contribution in [1.29, 1.82) is 0 Å². The minimum absolute atomic E-state index is 0.0653. The fourth-order valence-electron chi connectivity index (χ4n) is 3.08. The molecule has 1 heterocycles. The van der Waals surface area contributed by atoms with Crippen LogP contribution in [0.25, 0.3) is 0 Å². The quantitative estimate of drug-likeness (QED) is 0.455. The number of halogens is 2. The molecule has 0 amide bonds. The Kier molecular flexibility index (Phi) is 7.48. The first-order chi connectivity index (χ1) is 15.0. The van der Waals surface area contributed by atoms with E-state index in [2.05, 4.69) is 9.72 Å². The van der Waals surface area contributed by atoms with Crippen LogP contribution in [-0.4, -0.2) is 32.9 Å². The van der Waals surface area contributed by atoms with E-state index in [4.69, 9.17) is 14.2 Å². The predicted octanol–water partition coefficient (Wildman–Crippen LogP) is 4.92. The Morgan fingerprint density at radius 3 is 1.71 bits per heavy atom. The van der Waals surface area contributed by atoms with Gasteiger partial charge in [-0.3, -0.25) is 0 Å². The largest absolute Gasteiger partial charge is 0.497 e. The fourth-order valence-corrected chi connectivity index (χ4v) is 3.08. The van der Waals surface area contributed by atoms with Gasteiger partial charge < -0.3 is 23.8 Å². The first-order valence-electron chi connectivity index (χ1n) is 9.52. The molecular formula is C23H24F2N2O4. The SMILES string of the molecule is COc1ccc(CN(Cc2ccc(OC)cc2)c2ncc(OC(F)F)cc2OC)cc1. The number of ether oxygens (including phenoxy) is 4. The third-order valence-corrected chi connectivity index (χ3v) is 4.62. The van der Waals surface area contributed by atoms with E-state index in [9.17, 15) is 8.78 Å². The average molecular weight is 430 g/mol. The van der Waals surface area contributed by atoms with E-state index in [1.54, 1.807) is 14.2 Å². The highest BCUT2D eigenvalue weighted by Crippen LogP contribution is 2.32. The summed E-state index contributed by atoms with van der Waals surface area (Å²) in [6, 6.07) is 16.8. The van der Waals surface area contributed by atoms with Crippen LogP contribution in [0.4, 0.5) is 14.6 Å². The molecule has 0 aliphatic carbocycles. The number of pyridine rings is 1. The Balaban J connectivity index is 1.93. The number of aromatic nitrogens is 1. The van der Waals surface area contributed by atoms with Crippen LogP contribution >= 0.6 is 0 Å². The van der Waals surface area contributed by atoms with Gasteiger partial charge in [-0.25, -0.2) is 4.98 Å². The van der Waals surface area contributed by atoms with Gasteiger partial charge in [0, 0.05) is 19.2 Å². The molecule has 8 heteroatoms. The maximum Gasteiger partial charge on any atom is 0.387 e. The van der Waals surface area contributed by atoms with Crippen molar-refractivity contribution in [3.63, 3.8) is 0 Å². The number of hydrogen-bond donors (Lipinski definition) is 0. The lowest BCUT2D eigenvalue weighted by atomic mass is 10.1. The molecule has 2 aromatic carbocycles. The molecule has 0 radical (unpaired) electrons. The van der Waals surface area contributed by atoms with E-state index < -0.39 is 6.61 Å². The van der Waals surface area contributed by atoms with E-state index >= 15 is 0 Å². The molecule has 3 rings (SSSR count). The second-order valence-corrected chi connectivity index (χ2v) is 6.63. The van der Waals surface area contributed by atoms with Gasteiger partial charge in [0.15, 0.2) is 11.6 Å². The maximum atomic E-state index is 12.6.